The Morgan fingerprint density at radius 3 is 2.88 bits per heavy atom. The molecule has 0 bridgehead atoms. The predicted octanol–water partition coefficient (Wildman–Crippen LogP) is 2.74. The largest absolute Gasteiger partial charge is 0.312 e. The summed E-state index contributed by atoms with van der Waals surface area (Å²) in [5.74, 6) is 0.243. The Hall–Kier alpha value is -2.14. The Bertz CT molecular complexity index is 721. The molecular weight excluding hydrogens is 300 g/mol. The molecule has 2 aromatic rings. The molecule has 4 rings (SSSR count). The molecular formula is C19H24N4O. The van der Waals surface area contributed by atoms with Crippen LogP contribution in [-0.4, -0.2) is 28.7 Å². The van der Waals surface area contributed by atoms with Crippen LogP contribution in [0.1, 0.15) is 49.0 Å². The van der Waals surface area contributed by atoms with Gasteiger partial charge in [-0.05, 0) is 55.9 Å². The average molecular weight is 324 g/mol. The number of anilines is 1. The van der Waals surface area contributed by atoms with Crippen molar-refractivity contribution in [2.45, 2.75) is 51.1 Å². The summed E-state index contributed by atoms with van der Waals surface area (Å²) in [6, 6.07) is 9.23. The summed E-state index contributed by atoms with van der Waals surface area (Å²) in [5.41, 5.74) is 4.92. The van der Waals surface area contributed by atoms with E-state index in [1.807, 2.05) is 11.1 Å². The lowest BCUT2D eigenvalue weighted by Gasteiger charge is -2.27. The highest BCUT2D eigenvalue weighted by Crippen LogP contribution is 2.25. The van der Waals surface area contributed by atoms with Crippen molar-refractivity contribution in [1.82, 2.24) is 15.5 Å². The summed E-state index contributed by atoms with van der Waals surface area (Å²) >= 11 is 0. The van der Waals surface area contributed by atoms with Crippen molar-refractivity contribution < 1.29 is 4.79 Å². The molecule has 2 N–H and O–H groups in total. The van der Waals surface area contributed by atoms with Crippen molar-refractivity contribution in [1.29, 1.82) is 0 Å². The van der Waals surface area contributed by atoms with Crippen LogP contribution in [0, 0.1) is 0 Å². The molecule has 0 spiro atoms. The second-order valence-corrected chi connectivity index (χ2v) is 6.94. The highest BCUT2D eigenvalue weighted by molar-refractivity contribution is 5.95. The van der Waals surface area contributed by atoms with Gasteiger partial charge in [-0.3, -0.25) is 9.89 Å². The Kier molecular flexibility index (Phi) is 4.10. The van der Waals surface area contributed by atoms with Crippen molar-refractivity contribution in [3.63, 3.8) is 0 Å². The maximum atomic E-state index is 11.8. The van der Waals surface area contributed by atoms with E-state index in [1.165, 1.54) is 16.8 Å². The number of H-pyrrole nitrogens is 1. The molecule has 1 aromatic carbocycles. The number of aryl methyl sites for hydroxylation is 1. The first kappa shape index (κ1) is 15.4. The van der Waals surface area contributed by atoms with Crippen molar-refractivity contribution >= 4 is 11.6 Å². The lowest BCUT2D eigenvalue weighted by molar-refractivity contribution is -0.117. The normalized spacial score (nSPS) is 21.8. The highest BCUT2D eigenvalue weighted by atomic mass is 16.2. The van der Waals surface area contributed by atoms with Crippen LogP contribution in [0.3, 0.4) is 0 Å². The van der Waals surface area contributed by atoms with Crippen LogP contribution in [-0.2, 0) is 17.6 Å². The molecule has 1 saturated heterocycles. The number of nitrogens with one attached hydrogen (secondary N) is 2. The van der Waals surface area contributed by atoms with Gasteiger partial charge in [-0.25, -0.2) is 0 Å². The second-order valence-electron chi connectivity index (χ2n) is 6.94. The first-order valence-electron chi connectivity index (χ1n) is 8.88. The minimum atomic E-state index is 0.243. The van der Waals surface area contributed by atoms with Gasteiger partial charge in [0.15, 0.2) is 0 Å². The number of aromatic nitrogens is 2. The van der Waals surface area contributed by atoms with Gasteiger partial charge in [0.1, 0.15) is 0 Å². The van der Waals surface area contributed by atoms with Crippen molar-refractivity contribution in [2.75, 3.05) is 11.4 Å². The molecule has 0 radical (unpaired) electrons. The number of carbonyl (C=O) groups is 1. The Morgan fingerprint density at radius 2 is 2.12 bits per heavy atom. The smallest absolute Gasteiger partial charge is 0.227 e. The summed E-state index contributed by atoms with van der Waals surface area (Å²) in [7, 11) is 0. The minimum Gasteiger partial charge on any atom is -0.312 e. The summed E-state index contributed by atoms with van der Waals surface area (Å²) in [4.78, 5) is 13.7. The zero-order valence-corrected chi connectivity index (χ0v) is 14.1. The van der Waals surface area contributed by atoms with E-state index in [4.69, 9.17) is 0 Å². The van der Waals surface area contributed by atoms with Crippen molar-refractivity contribution in [2.24, 2.45) is 0 Å². The van der Waals surface area contributed by atoms with Gasteiger partial charge in [-0.15, -0.1) is 0 Å². The molecule has 24 heavy (non-hydrogen) atoms. The number of rotatable bonds is 4. The van der Waals surface area contributed by atoms with E-state index in [9.17, 15) is 4.79 Å². The molecule has 0 saturated carbocycles. The summed E-state index contributed by atoms with van der Waals surface area (Å²) in [6.07, 6.45) is 6.84. The van der Waals surface area contributed by atoms with E-state index in [0.717, 1.165) is 37.9 Å². The third-order valence-electron chi connectivity index (χ3n) is 5.28. The van der Waals surface area contributed by atoms with Gasteiger partial charge in [0.2, 0.25) is 5.91 Å². The van der Waals surface area contributed by atoms with Gasteiger partial charge in [-0.2, -0.15) is 5.10 Å². The molecule has 126 valence electrons. The van der Waals surface area contributed by atoms with Crippen LogP contribution in [0.4, 0.5) is 5.69 Å². The predicted molar refractivity (Wildman–Crippen MR) is 94.0 cm³/mol. The SMILES string of the molecule is C[C@@H](N[C@H]1CCc2[nH]ncc2C1)c1ccc(N2CCCC2=O)cc1. The molecule has 2 atom stereocenters. The molecule has 2 aliphatic rings. The van der Waals surface area contributed by atoms with Crippen LogP contribution >= 0.6 is 0 Å². The first-order chi connectivity index (χ1) is 11.7. The topological polar surface area (TPSA) is 61.0 Å². The number of nitrogens with zero attached hydrogens (tertiary/aromatic N) is 2. The van der Waals surface area contributed by atoms with Gasteiger partial charge >= 0.3 is 0 Å². The van der Waals surface area contributed by atoms with E-state index in [-0.39, 0.29) is 5.91 Å². The monoisotopic (exact) mass is 324 g/mol. The third kappa shape index (κ3) is 2.96. The van der Waals surface area contributed by atoms with Gasteiger partial charge in [0, 0.05) is 36.4 Å². The molecule has 1 aromatic heterocycles. The number of fused-ring (bicyclic) bond motifs is 1. The quantitative estimate of drug-likeness (QED) is 0.909. The van der Waals surface area contributed by atoms with Gasteiger partial charge in [-0.1, -0.05) is 12.1 Å². The first-order valence-corrected chi connectivity index (χ1v) is 8.88. The van der Waals surface area contributed by atoms with E-state index in [0.29, 0.717) is 18.5 Å². The number of hydrogen-bond donors (Lipinski definition) is 2. The van der Waals surface area contributed by atoms with Crippen molar-refractivity contribution in [3.8, 4) is 0 Å². The number of hydrogen-bond acceptors (Lipinski definition) is 3. The molecule has 5 nitrogen and oxygen atoms in total. The fourth-order valence-corrected chi connectivity index (χ4v) is 3.87. The molecule has 5 heteroatoms. The maximum absolute atomic E-state index is 11.8. The Morgan fingerprint density at radius 1 is 1.29 bits per heavy atom. The summed E-state index contributed by atoms with van der Waals surface area (Å²) in [6.45, 7) is 3.06. The van der Waals surface area contributed by atoms with Gasteiger partial charge in [0.25, 0.3) is 0 Å². The van der Waals surface area contributed by atoms with Gasteiger partial charge in [0.05, 0.1) is 6.20 Å². The molecule has 2 heterocycles. The van der Waals surface area contributed by atoms with E-state index in [2.05, 4.69) is 46.7 Å². The molecule has 1 amide bonds. The highest BCUT2D eigenvalue weighted by Gasteiger charge is 2.23. The van der Waals surface area contributed by atoms with Gasteiger partial charge < -0.3 is 10.2 Å². The number of benzene rings is 1. The van der Waals surface area contributed by atoms with E-state index in [1.54, 1.807) is 0 Å². The van der Waals surface area contributed by atoms with Crippen LogP contribution in [0.15, 0.2) is 30.5 Å². The third-order valence-corrected chi connectivity index (χ3v) is 5.28. The summed E-state index contributed by atoms with van der Waals surface area (Å²) < 4.78 is 0. The maximum Gasteiger partial charge on any atom is 0.227 e. The van der Waals surface area contributed by atoms with E-state index < -0.39 is 0 Å². The fourth-order valence-electron chi connectivity index (χ4n) is 3.87. The van der Waals surface area contributed by atoms with Crippen LogP contribution in [0.2, 0.25) is 0 Å². The number of amides is 1. The number of aromatic amines is 1. The van der Waals surface area contributed by atoms with E-state index >= 15 is 0 Å². The lowest BCUT2D eigenvalue weighted by Crippen LogP contribution is -2.36. The molecule has 0 unspecified atom stereocenters. The Labute approximate surface area is 142 Å². The average Bonchev–Trinajstić information content (AvgIpc) is 3.23. The molecule has 1 fully saturated rings. The lowest BCUT2D eigenvalue weighted by atomic mass is 9.92. The molecule has 1 aliphatic carbocycles. The zero-order chi connectivity index (χ0) is 16.5. The minimum absolute atomic E-state index is 0.243. The molecule has 1 aliphatic heterocycles. The Balaban J connectivity index is 1.40. The van der Waals surface area contributed by atoms with Crippen LogP contribution in [0.5, 0.6) is 0 Å². The fraction of sp³-hybridized carbons (Fsp3) is 0.474. The second kappa shape index (κ2) is 6.40. The van der Waals surface area contributed by atoms with Crippen LogP contribution < -0.4 is 10.2 Å². The summed E-state index contributed by atoms with van der Waals surface area (Å²) in [5, 5.41) is 11.0. The van der Waals surface area contributed by atoms with Crippen LogP contribution in [0.25, 0.3) is 0 Å². The zero-order valence-electron chi connectivity index (χ0n) is 14.1. The van der Waals surface area contributed by atoms with Crippen molar-refractivity contribution in [3.05, 3.63) is 47.3 Å². The standard InChI is InChI=1S/C19H24N4O/c1-13(21-16-6-9-18-15(11-16)12-20-22-18)14-4-7-17(8-5-14)23-10-2-3-19(23)24/h4-5,7-8,12-13,16,21H,2-3,6,9-11H2,1H3,(H,20,22)/t13-,16+/m1/s1. The number of carbonyl (C=O) groups excluding carboxylic acids is 1.